The summed E-state index contributed by atoms with van der Waals surface area (Å²) in [4.78, 5) is 10.9. The Kier molecular flexibility index (Phi) is 3.79. The second-order valence-corrected chi connectivity index (χ2v) is 3.58. The van der Waals surface area contributed by atoms with Crippen LogP contribution in [0.5, 0.6) is 0 Å². The second-order valence-electron chi connectivity index (χ2n) is 3.58. The van der Waals surface area contributed by atoms with E-state index in [2.05, 4.69) is 5.10 Å². The van der Waals surface area contributed by atoms with E-state index in [1.807, 2.05) is 0 Å². The number of hydrogen-bond acceptors (Lipinski definition) is 2. The van der Waals surface area contributed by atoms with E-state index in [1.165, 1.54) is 0 Å². The van der Waals surface area contributed by atoms with Crippen molar-refractivity contribution in [3.8, 4) is 0 Å². The van der Waals surface area contributed by atoms with E-state index in [4.69, 9.17) is 5.11 Å². The number of carbonyl (C=O) groups is 1. The summed E-state index contributed by atoms with van der Waals surface area (Å²) in [7, 11) is 0. The SMILES string of the molecule is CCc1cc(C(F)(F)F)nn1[C@H](CC)C(=O)O. The molecule has 1 aromatic heterocycles. The fourth-order valence-electron chi connectivity index (χ4n) is 1.56. The summed E-state index contributed by atoms with van der Waals surface area (Å²) >= 11 is 0. The van der Waals surface area contributed by atoms with Crippen LogP contribution in [-0.4, -0.2) is 20.9 Å². The van der Waals surface area contributed by atoms with Gasteiger partial charge in [0, 0.05) is 5.69 Å². The van der Waals surface area contributed by atoms with Gasteiger partial charge in [-0.05, 0) is 18.9 Å². The number of rotatable bonds is 4. The normalized spacial score (nSPS) is 13.7. The molecule has 0 unspecified atom stereocenters. The summed E-state index contributed by atoms with van der Waals surface area (Å²) in [5.41, 5.74) is -0.777. The Labute approximate surface area is 96.0 Å². The zero-order chi connectivity index (χ0) is 13.2. The van der Waals surface area contributed by atoms with Gasteiger partial charge in [0.1, 0.15) is 6.04 Å². The minimum Gasteiger partial charge on any atom is -0.480 e. The fraction of sp³-hybridized carbons (Fsp3) is 0.600. The Morgan fingerprint density at radius 3 is 2.47 bits per heavy atom. The molecule has 0 aliphatic heterocycles. The van der Waals surface area contributed by atoms with Crippen LogP contribution in [0, 0.1) is 0 Å². The Hall–Kier alpha value is -1.53. The van der Waals surface area contributed by atoms with Gasteiger partial charge < -0.3 is 5.11 Å². The van der Waals surface area contributed by atoms with E-state index in [0.29, 0.717) is 6.42 Å². The van der Waals surface area contributed by atoms with Crippen LogP contribution >= 0.6 is 0 Å². The molecule has 0 spiro atoms. The van der Waals surface area contributed by atoms with Gasteiger partial charge >= 0.3 is 12.1 Å². The van der Waals surface area contributed by atoms with Crippen molar-refractivity contribution in [3.05, 3.63) is 17.5 Å². The molecule has 0 fully saturated rings. The Morgan fingerprint density at radius 2 is 2.12 bits per heavy atom. The first-order chi connectivity index (χ1) is 7.81. The molecule has 1 aromatic rings. The maximum absolute atomic E-state index is 12.5. The molecule has 0 saturated carbocycles. The number of hydrogen-bond donors (Lipinski definition) is 1. The summed E-state index contributed by atoms with van der Waals surface area (Å²) in [5.74, 6) is -1.18. The number of alkyl halides is 3. The molecule has 17 heavy (non-hydrogen) atoms. The number of aliphatic carboxylic acids is 1. The van der Waals surface area contributed by atoms with Crippen molar-refractivity contribution in [2.24, 2.45) is 0 Å². The zero-order valence-corrected chi connectivity index (χ0v) is 9.45. The Bertz CT molecular complexity index is 412. The molecule has 7 heteroatoms. The molecule has 0 radical (unpaired) electrons. The quantitative estimate of drug-likeness (QED) is 0.893. The smallest absolute Gasteiger partial charge is 0.435 e. The molecular weight excluding hydrogens is 237 g/mol. The van der Waals surface area contributed by atoms with Crippen LogP contribution in [0.15, 0.2) is 6.07 Å². The molecule has 0 aromatic carbocycles. The molecule has 0 bridgehead atoms. The average molecular weight is 250 g/mol. The lowest BCUT2D eigenvalue weighted by Crippen LogP contribution is -2.21. The Balaban J connectivity index is 3.23. The van der Waals surface area contributed by atoms with E-state index in [0.717, 1.165) is 10.7 Å². The third-order valence-corrected chi connectivity index (χ3v) is 2.43. The van der Waals surface area contributed by atoms with Gasteiger partial charge in [0.2, 0.25) is 0 Å². The second kappa shape index (κ2) is 4.77. The maximum Gasteiger partial charge on any atom is 0.435 e. The first-order valence-corrected chi connectivity index (χ1v) is 5.19. The molecule has 1 rings (SSSR count). The van der Waals surface area contributed by atoms with Crippen molar-refractivity contribution in [1.82, 2.24) is 9.78 Å². The number of halogens is 3. The molecule has 1 N–H and O–H groups in total. The third kappa shape index (κ3) is 2.78. The number of aromatic nitrogens is 2. The summed E-state index contributed by atoms with van der Waals surface area (Å²) in [5, 5.41) is 12.3. The minimum atomic E-state index is -4.55. The third-order valence-electron chi connectivity index (χ3n) is 2.43. The van der Waals surface area contributed by atoms with E-state index in [-0.39, 0.29) is 12.1 Å². The number of carboxylic acids is 1. The van der Waals surface area contributed by atoms with Crippen molar-refractivity contribution < 1.29 is 23.1 Å². The summed E-state index contributed by atoms with van der Waals surface area (Å²) in [6.45, 7) is 3.25. The van der Waals surface area contributed by atoms with Gasteiger partial charge in [0.15, 0.2) is 5.69 Å². The first-order valence-electron chi connectivity index (χ1n) is 5.19. The molecule has 0 aliphatic carbocycles. The molecule has 96 valence electrons. The number of aryl methyl sites for hydroxylation is 1. The number of nitrogens with zero attached hydrogens (tertiary/aromatic N) is 2. The molecule has 1 atom stereocenters. The van der Waals surface area contributed by atoms with Gasteiger partial charge in [0.25, 0.3) is 0 Å². The van der Waals surface area contributed by atoms with Crippen LogP contribution in [0.25, 0.3) is 0 Å². The molecule has 0 amide bonds. The molecule has 4 nitrogen and oxygen atoms in total. The van der Waals surface area contributed by atoms with Crippen molar-refractivity contribution >= 4 is 5.97 Å². The maximum atomic E-state index is 12.5. The molecule has 0 aliphatic rings. The highest BCUT2D eigenvalue weighted by atomic mass is 19.4. The van der Waals surface area contributed by atoms with Gasteiger partial charge in [-0.25, -0.2) is 4.79 Å². The minimum absolute atomic E-state index is 0.182. The topological polar surface area (TPSA) is 55.1 Å². The predicted molar refractivity (Wildman–Crippen MR) is 53.6 cm³/mol. The van der Waals surface area contributed by atoms with E-state index < -0.39 is 23.9 Å². The zero-order valence-electron chi connectivity index (χ0n) is 9.45. The molecular formula is C10H13F3N2O2. The predicted octanol–water partition coefficient (Wildman–Crippen LogP) is 2.50. The van der Waals surface area contributed by atoms with Crippen LogP contribution in [0.4, 0.5) is 13.2 Å². The lowest BCUT2D eigenvalue weighted by molar-refractivity contribution is -0.144. The van der Waals surface area contributed by atoms with Crippen LogP contribution < -0.4 is 0 Å². The monoisotopic (exact) mass is 250 g/mol. The molecule has 0 saturated heterocycles. The van der Waals surface area contributed by atoms with Crippen molar-refractivity contribution in [3.63, 3.8) is 0 Å². The number of carboxylic acid groups (broad SMARTS) is 1. The van der Waals surface area contributed by atoms with E-state index in [9.17, 15) is 18.0 Å². The largest absolute Gasteiger partial charge is 0.480 e. The van der Waals surface area contributed by atoms with Crippen LogP contribution in [0.1, 0.15) is 37.7 Å². The van der Waals surface area contributed by atoms with E-state index >= 15 is 0 Å². The highest BCUT2D eigenvalue weighted by Crippen LogP contribution is 2.30. The van der Waals surface area contributed by atoms with Crippen LogP contribution in [-0.2, 0) is 17.4 Å². The van der Waals surface area contributed by atoms with Gasteiger partial charge in [0.05, 0.1) is 0 Å². The lowest BCUT2D eigenvalue weighted by atomic mass is 10.2. The van der Waals surface area contributed by atoms with Gasteiger partial charge in [-0.15, -0.1) is 0 Å². The average Bonchev–Trinajstić information content (AvgIpc) is 2.61. The molecule has 1 heterocycles. The Morgan fingerprint density at radius 1 is 1.53 bits per heavy atom. The first kappa shape index (κ1) is 13.5. The highest BCUT2D eigenvalue weighted by Gasteiger charge is 2.36. The van der Waals surface area contributed by atoms with Gasteiger partial charge in [-0.3, -0.25) is 4.68 Å². The summed E-state index contributed by atoms with van der Waals surface area (Å²) < 4.78 is 38.3. The van der Waals surface area contributed by atoms with Gasteiger partial charge in [-0.1, -0.05) is 13.8 Å². The van der Waals surface area contributed by atoms with Crippen LogP contribution in [0.3, 0.4) is 0 Å². The standard InChI is InChI=1S/C10H13F3N2O2/c1-3-6-5-8(10(11,12)13)14-15(6)7(4-2)9(16)17/h5,7H,3-4H2,1-2H3,(H,16,17)/t7-/m1/s1. The van der Waals surface area contributed by atoms with Gasteiger partial charge in [-0.2, -0.15) is 18.3 Å². The van der Waals surface area contributed by atoms with Crippen LogP contribution in [0.2, 0.25) is 0 Å². The fourth-order valence-corrected chi connectivity index (χ4v) is 1.56. The summed E-state index contributed by atoms with van der Waals surface area (Å²) in [6.07, 6.45) is -4.07. The summed E-state index contributed by atoms with van der Waals surface area (Å²) in [6, 6.07) is -0.160. The van der Waals surface area contributed by atoms with Crippen molar-refractivity contribution in [2.75, 3.05) is 0 Å². The van der Waals surface area contributed by atoms with E-state index in [1.54, 1.807) is 13.8 Å². The lowest BCUT2D eigenvalue weighted by Gasteiger charge is -2.13. The van der Waals surface area contributed by atoms with Crippen molar-refractivity contribution in [2.45, 2.75) is 38.9 Å². The highest BCUT2D eigenvalue weighted by molar-refractivity contribution is 5.71. The van der Waals surface area contributed by atoms with Crippen molar-refractivity contribution in [1.29, 1.82) is 0 Å².